The zero-order chi connectivity index (χ0) is 15.2. The molecule has 110 valence electrons. The van der Waals surface area contributed by atoms with Gasteiger partial charge >= 0.3 is 0 Å². The second kappa shape index (κ2) is 7.48. The van der Waals surface area contributed by atoms with Gasteiger partial charge in [-0.05, 0) is 42.8 Å². The topological polar surface area (TPSA) is 38.3 Å². The van der Waals surface area contributed by atoms with Crippen LogP contribution in [0.3, 0.4) is 0 Å². The molecule has 0 radical (unpaired) electrons. The van der Waals surface area contributed by atoms with Gasteiger partial charge in [0.1, 0.15) is 5.75 Å². The maximum Gasteiger partial charge on any atom is 0.265 e. The van der Waals surface area contributed by atoms with Gasteiger partial charge in [0.25, 0.3) is 5.91 Å². The van der Waals surface area contributed by atoms with Crippen LogP contribution < -0.4 is 10.1 Å². The van der Waals surface area contributed by atoms with Crippen molar-refractivity contribution in [1.82, 2.24) is 0 Å². The number of hydrogen-bond acceptors (Lipinski definition) is 2. The maximum atomic E-state index is 12.3. The van der Waals surface area contributed by atoms with Crippen molar-refractivity contribution in [1.29, 1.82) is 0 Å². The number of ether oxygens (including phenoxy) is 1. The third-order valence-electron chi connectivity index (χ3n) is 2.83. The van der Waals surface area contributed by atoms with Gasteiger partial charge in [-0.15, -0.1) is 0 Å². The van der Waals surface area contributed by atoms with Crippen LogP contribution in [0.15, 0.2) is 53.0 Å². The second-order valence-electron chi connectivity index (χ2n) is 4.47. The number of benzene rings is 2. The minimum atomic E-state index is -0.567. The summed E-state index contributed by atoms with van der Waals surface area (Å²) >= 11 is 9.28. The predicted molar refractivity (Wildman–Crippen MR) is 88.9 cm³/mol. The van der Waals surface area contributed by atoms with E-state index in [-0.39, 0.29) is 5.91 Å². The van der Waals surface area contributed by atoms with Crippen LogP contribution in [0.4, 0.5) is 5.69 Å². The van der Waals surface area contributed by atoms with Gasteiger partial charge in [-0.3, -0.25) is 4.79 Å². The average Bonchev–Trinajstić information content (AvgIpc) is 2.44. The molecular formula is C16H15BrClNO2. The highest BCUT2D eigenvalue weighted by atomic mass is 79.9. The predicted octanol–water partition coefficient (Wildman–Crippen LogP) is 4.90. The summed E-state index contributed by atoms with van der Waals surface area (Å²) in [7, 11) is 0. The van der Waals surface area contributed by atoms with Crippen molar-refractivity contribution in [3.05, 3.63) is 58.0 Å². The summed E-state index contributed by atoms with van der Waals surface area (Å²) in [5.74, 6) is 0.398. The lowest BCUT2D eigenvalue weighted by Crippen LogP contribution is -2.32. The van der Waals surface area contributed by atoms with E-state index >= 15 is 0 Å². The highest BCUT2D eigenvalue weighted by Gasteiger charge is 2.18. The highest BCUT2D eigenvalue weighted by Crippen LogP contribution is 2.20. The van der Waals surface area contributed by atoms with Gasteiger partial charge < -0.3 is 10.1 Å². The number of nitrogens with one attached hydrogen (secondary N) is 1. The molecule has 0 bridgehead atoms. The lowest BCUT2D eigenvalue weighted by atomic mass is 10.2. The third kappa shape index (κ3) is 4.76. The molecule has 0 heterocycles. The summed E-state index contributed by atoms with van der Waals surface area (Å²) in [5.41, 5.74) is 0.725. The van der Waals surface area contributed by atoms with E-state index in [1.54, 1.807) is 24.3 Å². The second-order valence-corrected chi connectivity index (χ2v) is 5.82. The molecule has 0 fully saturated rings. The molecule has 5 heteroatoms. The number of anilines is 1. The van der Waals surface area contributed by atoms with Gasteiger partial charge in [-0.1, -0.05) is 46.6 Å². The fourth-order valence-electron chi connectivity index (χ4n) is 1.82. The van der Waals surface area contributed by atoms with Crippen LogP contribution in [0, 0.1) is 0 Å². The zero-order valence-corrected chi connectivity index (χ0v) is 13.8. The highest BCUT2D eigenvalue weighted by molar-refractivity contribution is 9.10. The van der Waals surface area contributed by atoms with Crippen molar-refractivity contribution < 1.29 is 9.53 Å². The smallest absolute Gasteiger partial charge is 0.265 e. The first-order chi connectivity index (χ1) is 10.1. The molecule has 0 aliphatic rings. The fraction of sp³-hybridized carbons (Fsp3) is 0.188. The first-order valence-electron chi connectivity index (χ1n) is 6.57. The lowest BCUT2D eigenvalue weighted by molar-refractivity contribution is -0.122. The van der Waals surface area contributed by atoms with Crippen LogP contribution in [0.2, 0.25) is 5.02 Å². The van der Waals surface area contributed by atoms with E-state index in [0.717, 1.165) is 10.2 Å². The molecule has 0 saturated heterocycles. The van der Waals surface area contributed by atoms with Gasteiger partial charge in [-0.2, -0.15) is 0 Å². The molecule has 0 spiro atoms. The fourth-order valence-corrected chi connectivity index (χ4v) is 2.40. The molecular weight excluding hydrogens is 354 g/mol. The van der Waals surface area contributed by atoms with E-state index < -0.39 is 6.10 Å². The molecule has 0 aliphatic heterocycles. The van der Waals surface area contributed by atoms with Crippen molar-refractivity contribution in [2.45, 2.75) is 19.4 Å². The number of halogens is 2. The Morgan fingerprint density at radius 2 is 2.05 bits per heavy atom. The third-order valence-corrected chi connectivity index (χ3v) is 3.56. The molecule has 2 aromatic rings. The van der Waals surface area contributed by atoms with Crippen LogP contribution in [0.5, 0.6) is 5.75 Å². The van der Waals surface area contributed by atoms with Crippen LogP contribution in [0.25, 0.3) is 0 Å². The SMILES string of the molecule is CC[C@H](Oc1cccc(Cl)c1)C(=O)Nc1cccc(Br)c1. The van der Waals surface area contributed by atoms with E-state index in [1.165, 1.54) is 0 Å². The monoisotopic (exact) mass is 367 g/mol. The molecule has 0 aromatic heterocycles. The molecule has 2 rings (SSSR count). The normalized spacial score (nSPS) is 11.8. The molecule has 1 N–H and O–H groups in total. The van der Waals surface area contributed by atoms with Crippen LogP contribution in [0.1, 0.15) is 13.3 Å². The summed E-state index contributed by atoms with van der Waals surface area (Å²) in [4.78, 5) is 12.3. The Bertz CT molecular complexity index is 633. The molecule has 3 nitrogen and oxygen atoms in total. The number of amides is 1. The van der Waals surface area contributed by atoms with Crippen LogP contribution >= 0.6 is 27.5 Å². The zero-order valence-electron chi connectivity index (χ0n) is 11.5. The van der Waals surface area contributed by atoms with Gasteiger partial charge in [0.15, 0.2) is 6.10 Å². The number of carbonyl (C=O) groups excluding carboxylic acids is 1. The van der Waals surface area contributed by atoms with Crippen molar-refractivity contribution in [3.8, 4) is 5.75 Å². The van der Waals surface area contributed by atoms with Gasteiger partial charge in [0.05, 0.1) is 0 Å². The minimum Gasteiger partial charge on any atom is -0.481 e. The van der Waals surface area contributed by atoms with Crippen molar-refractivity contribution in [2.24, 2.45) is 0 Å². The van der Waals surface area contributed by atoms with E-state index in [4.69, 9.17) is 16.3 Å². The van der Waals surface area contributed by atoms with Crippen molar-refractivity contribution in [2.75, 3.05) is 5.32 Å². The Morgan fingerprint density at radius 3 is 2.71 bits per heavy atom. The average molecular weight is 369 g/mol. The molecule has 0 unspecified atom stereocenters. The van der Waals surface area contributed by atoms with E-state index in [9.17, 15) is 4.79 Å². The number of hydrogen-bond donors (Lipinski definition) is 1. The summed E-state index contributed by atoms with van der Waals surface area (Å²) < 4.78 is 6.61. The Labute approximate surface area is 137 Å². The van der Waals surface area contributed by atoms with E-state index in [1.807, 2.05) is 31.2 Å². The standard InChI is InChI=1S/C16H15BrClNO2/c1-2-15(21-14-8-4-6-12(18)10-14)16(20)19-13-7-3-5-11(17)9-13/h3-10,15H,2H2,1H3,(H,19,20)/t15-/m0/s1. The Kier molecular flexibility index (Phi) is 5.65. The van der Waals surface area contributed by atoms with Gasteiger partial charge in [0, 0.05) is 15.2 Å². The summed E-state index contributed by atoms with van der Waals surface area (Å²) in [6.45, 7) is 1.90. The largest absolute Gasteiger partial charge is 0.481 e. The molecule has 1 amide bonds. The van der Waals surface area contributed by atoms with E-state index in [2.05, 4.69) is 21.2 Å². The molecule has 1 atom stereocenters. The van der Waals surface area contributed by atoms with Crippen molar-refractivity contribution >= 4 is 39.1 Å². The molecule has 0 saturated carbocycles. The van der Waals surface area contributed by atoms with E-state index in [0.29, 0.717) is 17.2 Å². The first kappa shape index (κ1) is 15.9. The van der Waals surface area contributed by atoms with Gasteiger partial charge in [-0.25, -0.2) is 0 Å². The first-order valence-corrected chi connectivity index (χ1v) is 7.74. The van der Waals surface area contributed by atoms with Crippen LogP contribution in [-0.4, -0.2) is 12.0 Å². The molecule has 21 heavy (non-hydrogen) atoms. The number of carbonyl (C=O) groups is 1. The van der Waals surface area contributed by atoms with Gasteiger partial charge in [0.2, 0.25) is 0 Å². The summed E-state index contributed by atoms with van der Waals surface area (Å²) in [6, 6.07) is 14.4. The molecule has 0 aliphatic carbocycles. The van der Waals surface area contributed by atoms with Crippen molar-refractivity contribution in [3.63, 3.8) is 0 Å². The summed E-state index contributed by atoms with van der Waals surface area (Å²) in [6.07, 6.45) is -0.00532. The Hall–Kier alpha value is -1.52. The lowest BCUT2D eigenvalue weighted by Gasteiger charge is -2.17. The number of rotatable bonds is 5. The van der Waals surface area contributed by atoms with Crippen LogP contribution in [-0.2, 0) is 4.79 Å². The minimum absolute atomic E-state index is 0.185. The quantitative estimate of drug-likeness (QED) is 0.815. The maximum absolute atomic E-state index is 12.3. The Balaban J connectivity index is 2.05. The summed E-state index contributed by atoms with van der Waals surface area (Å²) in [5, 5.41) is 3.42. The Morgan fingerprint density at radius 1 is 1.29 bits per heavy atom. The molecule has 2 aromatic carbocycles.